The lowest BCUT2D eigenvalue weighted by atomic mass is 10.00. The van der Waals surface area contributed by atoms with Crippen molar-refractivity contribution in [2.45, 2.75) is 12.5 Å². The molecule has 0 spiro atoms. The van der Waals surface area contributed by atoms with E-state index in [1.165, 1.54) is 12.3 Å². The summed E-state index contributed by atoms with van der Waals surface area (Å²) >= 11 is 0. The summed E-state index contributed by atoms with van der Waals surface area (Å²) in [6.45, 7) is 0.739. The monoisotopic (exact) mass is 348 g/mol. The molecule has 130 valence electrons. The molecule has 3 aromatic rings. The number of anilines is 1. The van der Waals surface area contributed by atoms with Gasteiger partial charge in [-0.1, -0.05) is 24.3 Å². The van der Waals surface area contributed by atoms with Crippen LogP contribution in [0.15, 0.2) is 61.1 Å². The Hall–Kier alpha value is -3.28. The number of rotatable bonds is 3. The van der Waals surface area contributed by atoms with Gasteiger partial charge in [-0.2, -0.15) is 0 Å². The number of carbonyl (C=O) groups excluding carboxylic acids is 1. The number of amides is 1. The van der Waals surface area contributed by atoms with Gasteiger partial charge in [0.1, 0.15) is 11.6 Å². The van der Waals surface area contributed by atoms with Gasteiger partial charge in [-0.25, -0.2) is 9.37 Å². The Kier molecular flexibility index (Phi) is 4.31. The number of nitrogens with zero attached hydrogens (tertiary/aromatic N) is 2. The maximum atomic E-state index is 14.0. The molecule has 6 heteroatoms. The molecule has 1 aromatic carbocycles. The van der Waals surface area contributed by atoms with Crippen molar-refractivity contribution < 1.29 is 9.18 Å². The largest absolute Gasteiger partial charge is 0.370 e. The molecule has 3 heterocycles. The first kappa shape index (κ1) is 16.2. The van der Waals surface area contributed by atoms with Crippen molar-refractivity contribution >= 4 is 11.7 Å². The second-order valence-corrected chi connectivity index (χ2v) is 6.12. The highest BCUT2D eigenvalue weighted by atomic mass is 19.1. The Balaban J connectivity index is 1.58. The zero-order chi connectivity index (χ0) is 17.9. The van der Waals surface area contributed by atoms with Crippen molar-refractivity contribution in [3.63, 3.8) is 0 Å². The molecule has 0 bridgehead atoms. The van der Waals surface area contributed by atoms with Gasteiger partial charge in [-0.15, -0.1) is 0 Å². The fourth-order valence-corrected chi connectivity index (χ4v) is 3.14. The predicted octanol–water partition coefficient (Wildman–Crippen LogP) is 3.57. The van der Waals surface area contributed by atoms with Crippen LogP contribution in [0.4, 0.5) is 10.2 Å². The molecule has 2 aromatic heterocycles. The normalized spacial score (nSPS) is 15.7. The maximum Gasteiger partial charge on any atom is 0.253 e. The average Bonchev–Trinajstić information content (AvgIpc) is 2.69. The molecule has 26 heavy (non-hydrogen) atoms. The van der Waals surface area contributed by atoms with Gasteiger partial charge in [0.15, 0.2) is 0 Å². The van der Waals surface area contributed by atoms with Crippen LogP contribution in [-0.2, 0) is 0 Å². The van der Waals surface area contributed by atoms with Crippen molar-refractivity contribution in [1.82, 2.24) is 15.3 Å². The smallest absolute Gasteiger partial charge is 0.253 e. The second kappa shape index (κ2) is 6.92. The molecule has 4 rings (SSSR count). The lowest BCUT2D eigenvalue weighted by Gasteiger charge is -2.26. The van der Waals surface area contributed by atoms with Crippen molar-refractivity contribution in [3.05, 3.63) is 78.0 Å². The number of carbonyl (C=O) groups is 1. The minimum Gasteiger partial charge on any atom is -0.370 e. The number of pyridine rings is 2. The van der Waals surface area contributed by atoms with E-state index in [0.717, 1.165) is 24.3 Å². The van der Waals surface area contributed by atoms with Crippen LogP contribution in [0.3, 0.4) is 0 Å². The van der Waals surface area contributed by atoms with Crippen molar-refractivity contribution in [2.24, 2.45) is 0 Å². The van der Waals surface area contributed by atoms with E-state index in [-0.39, 0.29) is 17.8 Å². The van der Waals surface area contributed by atoms with Gasteiger partial charge in [0.25, 0.3) is 5.91 Å². The van der Waals surface area contributed by atoms with Gasteiger partial charge in [0.2, 0.25) is 0 Å². The minimum atomic E-state index is -0.342. The Bertz CT molecular complexity index is 960. The fourth-order valence-electron chi connectivity index (χ4n) is 3.14. The third kappa shape index (κ3) is 3.13. The summed E-state index contributed by atoms with van der Waals surface area (Å²) in [5.41, 5.74) is 2.36. The molecule has 2 N–H and O–H groups in total. The number of aromatic nitrogens is 2. The summed E-state index contributed by atoms with van der Waals surface area (Å²) in [5.74, 6) is 0.213. The molecule has 1 amide bonds. The van der Waals surface area contributed by atoms with E-state index in [9.17, 15) is 9.18 Å². The van der Waals surface area contributed by atoms with E-state index in [2.05, 4.69) is 20.6 Å². The standard InChI is InChI=1S/C20H17FN4O/c21-17-6-2-1-4-15(17)13-10-14(12-22-11-13)20(26)25-18-7-9-24-19-16(18)5-3-8-23-19/h1-6,8,10-12,18H,7,9H2,(H,23,24)(H,25,26). The van der Waals surface area contributed by atoms with Gasteiger partial charge in [-0.3, -0.25) is 9.78 Å². The third-order valence-electron chi connectivity index (χ3n) is 4.43. The maximum absolute atomic E-state index is 14.0. The molecule has 0 saturated heterocycles. The quantitative estimate of drug-likeness (QED) is 0.759. The first-order chi connectivity index (χ1) is 12.7. The van der Waals surface area contributed by atoms with Gasteiger partial charge in [0.05, 0.1) is 11.6 Å². The molecule has 1 aliphatic rings. The van der Waals surface area contributed by atoms with Gasteiger partial charge >= 0.3 is 0 Å². The van der Waals surface area contributed by atoms with E-state index in [4.69, 9.17) is 0 Å². The van der Waals surface area contributed by atoms with Crippen LogP contribution in [0.1, 0.15) is 28.4 Å². The van der Waals surface area contributed by atoms with E-state index in [1.807, 2.05) is 12.1 Å². The average molecular weight is 348 g/mol. The van der Waals surface area contributed by atoms with Crippen LogP contribution in [-0.4, -0.2) is 22.4 Å². The summed E-state index contributed by atoms with van der Waals surface area (Å²) in [5, 5.41) is 6.26. The van der Waals surface area contributed by atoms with Crippen LogP contribution in [0.2, 0.25) is 0 Å². The molecular formula is C20H17FN4O. The second-order valence-electron chi connectivity index (χ2n) is 6.12. The van der Waals surface area contributed by atoms with E-state index >= 15 is 0 Å². The van der Waals surface area contributed by atoms with Crippen LogP contribution < -0.4 is 10.6 Å². The zero-order valence-corrected chi connectivity index (χ0v) is 13.9. The summed E-state index contributed by atoms with van der Waals surface area (Å²) in [4.78, 5) is 21.1. The third-order valence-corrected chi connectivity index (χ3v) is 4.43. The Morgan fingerprint density at radius 2 is 2.08 bits per heavy atom. The van der Waals surface area contributed by atoms with Crippen molar-refractivity contribution in [3.8, 4) is 11.1 Å². The molecular weight excluding hydrogens is 331 g/mol. The highest BCUT2D eigenvalue weighted by molar-refractivity contribution is 5.95. The molecule has 0 aliphatic carbocycles. The molecule has 1 unspecified atom stereocenters. The summed E-state index contributed by atoms with van der Waals surface area (Å²) < 4.78 is 14.0. The molecule has 0 saturated carbocycles. The van der Waals surface area contributed by atoms with Gasteiger partial charge in [0, 0.05) is 41.8 Å². The van der Waals surface area contributed by atoms with Gasteiger partial charge in [-0.05, 0) is 24.6 Å². The lowest BCUT2D eigenvalue weighted by Crippen LogP contribution is -2.33. The van der Waals surface area contributed by atoms with E-state index in [1.54, 1.807) is 36.7 Å². The zero-order valence-electron chi connectivity index (χ0n) is 13.9. The minimum absolute atomic E-state index is 0.121. The highest BCUT2D eigenvalue weighted by Gasteiger charge is 2.23. The predicted molar refractivity (Wildman–Crippen MR) is 97.2 cm³/mol. The molecule has 0 radical (unpaired) electrons. The number of hydrogen-bond acceptors (Lipinski definition) is 4. The van der Waals surface area contributed by atoms with Crippen LogP contribution in [0.25, 0.3) is 11.1 Å². The van der Waals surface area contributed by atoms with Crippen molar-refractivity contribution in [1.29, 1.82) is 0 Å². The van der Waals surface area contributed by atoms with Crippen LogP contribution in [0.5, 0.6) is 0 Å². The van der Waals surface area contributed by atoms with Crippen LogP contribution in [0, 0.1) is 5.82 Å². The number of fused-ring (bicyclic) bond motifs is 1. The topological polar surface area (TPSA) is 66.9 Å². The van der Waals surface area contributed by atoms with E-state index < -0.39 is 0 Å². The number of nitrogens with one attached hydrogen (secondary N) is 2. The number of halogens is 1. The molecule has 0 fully saturated rings. The molecule has 1 aliphatic heterocycles. The first-order valence-electron chi connectivity index (χ1n) is 8.42. The van der Waals surface area contributed by atoms with Crippen molar-refractivity contribution in [2.75, 3.05) is 11.9 Å². The first-order valence-corrected chi connectivity index (χ1v) is 8.42. The Morgan fingerprint density at radius 1 is 1.19 bits per heavy atom. The molecule has 1 atom stereocenters. The molecule has 5 nitrogen and oxygen atoms in total. The van der Waals surface area contributed by atoms with Gasteiger partial charge < -0.3 is 10.6 Å². The SMILES string of the molecule is O=C(NC1CCNc2ncccc21)c1cncc(-c2ccccc2F)c1. The number of benzene rings is 1. The Labute approximate surface area is 150 Å². The number of hydrogen-bond donors (Lipinski definition) is 2. The summed E-state index contributed by atoms with van der Waals surface area (Å²) in [6.07, 6.45) is 5.53. The van der Waals surface area contributed by atoms with E-state index in [0.29, 0.717) is 16.7 Å². The summed E-state index contributed by atoms with van der Waals surface area (Å²) in [6, 6.07) is 11.8. The Morgan fingerprint density at radius 3 is 2.96 bits per heavy atom. The lowest BCUT2D eigenvalue weighted by molar-refractivity contribution is 0.0934. The highest BCUT2D eigenvalue weighted by Crippen LogP contribution is 2.28. The van der Waals surface area contributed by atoms with Crippen LogP contribution >= 0.6 is 0 Å². The fraction of sp³-hybridized carbons (Fsp3) is 0.150. The summed E-state index contributed by atoms with van der Waals surface area (Å²) in [7, 11) is 0.